The van der Waals surface area contributed by atoms with E-state index in [1.54, 1.807) is 0 Å². The first-order valence-corrected chi connectivity index (χ1v) is 8.33. The number of rotatable bonds is 7. The van der Waals surface area contributed by atoms with Crippen LogP contribution in [0.4, 0.5) is 0 Å². The summed E-state index contributed by atoms with van der Waals surface area (Å²) in [6, 6.07) is 4.16. The number of aryl methyl sites for hydroxylation is 4. The third-order valence-electron chi connectivity index (χ3n) is 4.37. The quantitative estimate of drug-likeness (QED) is 0.781. The maximum absolute atomic E-state index is 11.2. The van der Waals surface area contributed by atoms with Crippen LogP contribution in [0.5, 0.6) is 5.75 Å². The number of benzene rings is 1. The Bertz CT molecular complexity index is 743. The van der Waals surface area contributed by atoms with Crippen molar-refractivity contribution in [1.82, 2.24) is 15.1 Å². The number of carbonyl (C=O) groups is 1. The van der Waals surface area contributed by atoms with Gasteiger partial charge in [0, 0.05) is 31.4 Å². The van der Waals surface area contributed by atoms with Gasteiger partial charge in [0.2, 0.25) is 0 Å². The van der Waals surface area contributed by atoms with Crippen LogP contribution in [0.1, 0.15) is 33.6 Å². The number of nitrogens with one attached hydrogen (secondary N) is 1. The largest absolute Gasteiger partial charge is 0.481 e. The summed E-state index contributed by atoms with van der Waals surface area (Å²) in [5.41, 5.74) is 6.69. The molecule has 6 nitrogen and oxygen atoms in total. The first-order chi connectivity index (χ1) is 11.8. The van der Waals surface area contributed by atoms with Crippen LogP contribution in [0.15, 0.2) is 12.1 Å². The molecule has 136 valence electrons. The summed E-state index contributed by atoms with van der Waals surface area (Å²) in [4.78, 5) is 11.2. The summed E-state index contributed by atoms with van der Waals surface area (Å²) in [5, 5.41) is 7.92. The van der Waals surface area contributed by atoms with Crippen LogP contribution in [0, 0.1) is 27.7 Å². The van der Waals surface area contributed by atoms with Gasteiger partial charge in [0.25, 0.3) is 0 Å². The lowest BCUT2D eigenvalue weighted by atomic mass is 10.1. The van der Waals surface area contributed by atoms with Gasteiger partial charge in [0.05, 0.1) is 12.8 Å². The van der Waals surface area contributed by atoms with E-state index in [0.29, 0.717) is 0 Å². The number of esters is 1. The number of aromatic nitrogens is 2. The van der Waals surface area contributed by atoms with Crippen molar-refractivity contribution in [2.75, 3.05) is 13.7 Å². The molecule has 25 heavy (non-hydrogen) atoms. The van der Waals surface area contributed by atoms with Gasteiger partial charge in [-0.05, 0) is 44.4 Å². The molecule has 0 aliphatic heterocycles. The second kappa shape index (κ2) is 8.16. The van der Waals surface area contributed by atoms with Crippen LogP contribution < -0.4 is 10.1 Å². The zero-order chi connectivity index (χ0) is 18.6. The average Bonchev–Trinajstić information content (AvgIpc) is 2.79. The molecule has 2 rings (SSSR count). The normalized spacial score (nSPS) is 10.8. The van der Waals surface area contributed by atoms with Gasteiger partial charge in [0.1, 0.15) is 5.75 Å². The number of ether oxygens (including phenoxy) is 2. The molecule has 2 aromatic rings. The zero-order valence-corrected chi connectivity index (χ0v) is 15.9. The molecule has 6 heteroatoms. The van der Waals surface area contributed by atoms with E-state index in [2.05, 4.69) is 34.2 Å². The molecule has 1 aromatic heterocycles. The van der Waals surface area contributed by atoms with Crippen LogP contribution in [0.3, 0.4) is 0 Å². The Morgan fingerprint density at radius 3 is 2.32 bits per heavy atom. The Hall–Kier alpha value is -2.34. The number of nitrogens with zero attached hydrogens (tertiary/aromatic N) is 2. The van der Waals surface area contributed by atoms with Gasteiger partial charge in [-0.1, -0.05) is 12.1 Å². The van der Waals surface area contributed by atoms with E-state index >= 15 is 0 Å². The number of carbonyl (C=O) groups excluding carboxylic acids is 1. The fourth-order valence-corrected chi connectivity index (χ4v) is 2.96. The Balaban J connectivity index is 2.00. The second-order valence-electron chi connectivity index (χ2n) is 6.30. The van der Waals surface area contributed by atoms with E-state index in [-0.39, 0.29) is 12.6 Å². The lowest BCUT2D eigenvalue weighted by molar-refractivity contribution is -0.142. The molecule has 0 aliphatic rings. The highest BCUT2D eigenvalue weighted by molar-refractivity contribution is 5.71. The van der Waals surface area contributed by atoms with Crippen molar-refractivity contribution in [2.45, 2.75) is 40.8 Å². The minimum absolute atomic E-state index is 0.0741. The monoisotopic (exact) mass is 345 g/mol. The van der Waals surface area contributed by atoms with Gasteiger partial charge in [-0.2, -0.15) is 5.10 Å². The Labute approximate surface area is 149 Å². The topological polar surface area (TPSA) is 65.4 Å². The number of methoxy groups -OCH3 is 1. The fraction of sp³-hybridized carbons (Fsp3) is 0.474. The molecule has 1 aromatic carbocycles. The van der Waals surface area contributed by atoms with Crippen molar-refractivity contribution in [1.29, 1.82) is 0 Å². The predicted octanol–water partition coefficient (Wildman–Crippen LogP) is 2.50. The fourth-order valence-electron chi connectivity index (χ4n) is 2.96. The first kappa shape index (κ1) is 19.0. The molecule has 0 amide bonds. The third kappa shape index (κ3) is 4.60. The Morgan fingerprint density at radius 2 is 1.80 bits per heavy atom. The SMILES string of the molecule is COC(=O)COc1c(C)cc(CNCc2c(C)nn(C)c2C)cc1C. The summed E-state index contributed by atoms with van der Waals surface area (Å²) >= 11 is 0. The molecule has 0 fully saturated rings. The van der Waals surface area contributed by atoms with Gasteiger partial charge in [-0.3, -0.25) is 4.68 Å². The summed E-state index contributed by atoms with van der Waals surface area (Å²) in [6.07, 6.45) is 0. The van der Waals surface area contributed by atoms with Gasteiger partial charge >= 0.3 is 5.97 Å². The van der Waals surface area contributed by atoms with Gasteiger partial charge in [-0.25, -0.2) is 4.79 Å². The summed E-state index contributed by atoms with van der Waals surface area (Å²) in [7, 11) is 3.32. The molecule has 0 atom stereocenters. The molecule has 1 N–H and O–H groups in total. The van der Waals surface area contributed by atoms with Crippen LogP contribution in [0.2, 0.25) is 0 Å². The smallest absolute Gasteiger partial charge is 0.343 e. The van der Waals surface area contributed by atoms with Crippen molar-refractivity contribution in [3.8, 4) is 5.75 Å². The van der Waals surface area contributed by atoms with Gasteiger partial charge in [0.15, 0.2) is 6.61 Å². The number of hydrogen-bond acceptors (Lipinski definition) is 5. The highest BCUT2D eigenvalue weighted by Crippen LogP contribution is 2.25. The average molecular weight is 345 g/mol. The molecule has 0 bridgehead atoms. The van der Waals surface area contributed by atoms with E-state index in [0.717, 1.165) is 35.7 Å². The highest BCUT2D eigenvalue weighted by atomic mass is 16.6. The molecule has 0 unspecified atom stereocenters. The molecular formula is C19H27N3O3. The summed E-state index contributed by atoms with van der Waals surface area (Å²) < 4.78 is 12.1. The zero-order valence-electron chi connectivity index (χ0n) is 15.9. The summed E-state index contributed by atoms with van der Waals surface area (Å²) in [6.45, 7) is 9.55. The van der Waals surface area contributed by atoms with E-state index in [1.807, 2.05) is 32.5 Å². The van der Waals surface area contributed by atoms with E-state index in [9.17, 15) is 4.79 Å². The maximum Gasteiger partial charge on any atom is 0.343 e. The number of hydrogen-bond donors (Lipinski definition) is 1. The maximum atomic E-state index is 11.2. The van der Waals surface area contributed by atoms with Crippen LogP contribution in [-0.4, -0.2) is 29.5 Å². The van der Waals surface area contributed by atoms with Crippen molar-refractivity contribution in [2.24, 2.45) is 7.05 Å². The third-order valence-corrected chi connectivity index (χ3v) is 4.37. The molecular weight excluding hydrogens is 318 g/mol. The minimum Gasteiger partial charge on any atom is -0.481 e. The van der Waals surface area contributed by atoms with E-state index < -0.39 is 0 Å². The van der Waals surface area contributed by atoms with Gasteiger partial charge in [-0.15, -0.1) is 0 Å². The van der Waals surface area contributed by atoms with Crippen molar-refractivity contribution in [3.63, 3.8) is 0 Å². The molecule has 0 aliphatic carbocycles. The van der Waals surface area contributed by atoms with Crippen LogP contribution in [-0.2, 0) is 29.7 Å². The summed E-state index contributed by atoms with van der Waals surface area (Å²) in [5.74, 6) is 0.361. The predicted molar refractivity (Wildman–Crippen MR) is 96.7 cm³/mol. The molecule has 1 heterocycles. The minimum atomic E-state index is -0.383. The molecule has 0 spiro atoms. The standard InChI is InChI=1S/C19H27N3O3/c1-12-7-16(8-13(2)19(12)25-11-18(23)24-6)9-20-10-17-14(3)21-22(5)15(17)4/h7-8,20H,9-11H2,1-6H3. The van der Waals surface area contributed by atoms with Gasteiger partial charge < -0.3 is 14.8 Å². The highest BCUT2D eigenvalue weighted by Gasteiger charge is 2.11. The Kier molecular flexibility index (Phi) is 6.20. The van der Waals surface area contributed by atoms with E-state index in [4.69, 9.17) is 4.74 Å². The van der Waals surface area contributed by atoms with E-state index in [1.165, 1.54) is 23.9 Å². The van der Waals surface area contributed by atoms with Crippen LogP contribution >= 0.6 is 0 Å². The molecule has 0 radical (unpaired) electrons. The molecule has 0 saturated carbocycles. The van der Waals surface area contributed by atoms with Crippen molar-refractivity contribution >= 4 is 5.97 Å². The van der Waals surface area contributed by atoms with Crippen molar-refractivity contribution in [3.05, 3.63) is 45.8 Å². The lowest BCUT2D eigenvalue weighted by Gasteiger charge is -2.14. The first-order valence-electron chi connectivity index (χ1n) is 8.33. The van der Waals surface area contributed by atoms with Crippen LogP contribution in [0.25, 0.3) is 0 Å². The molecule has 0 saturated heterocycles. The van der Waals surface area contributed by atoms with Crippen molar-refractivity contribution < 1.29 is 14.3 Å². The Morgan fingerprint density at radius 1 is 1.16 bits per heavy atom. The second-order valence-corrected chi connectivity index (χ2v) is 6.30. The lowest BCUT2D eigenvalue weighted by Crippen LogP contribution is -2.15.